The molecule has 0 bridgehead atoms. The SMILES string of the molecule is CCNC(=O)Nc1nc2cc(-c3ccc(NS(=O)(=O)C(C)(C)C)nc3)cc(-c3csc(CC)n3)c2s1. The zero-order valence-corrected chi connectivity index (χ0v) is 23.1. The summed E-state index contributed by atoms with van der Waals surface area (Å²) in [4.78, 5) is 25.8. The lowest BCUT2D eigenvalue weighted by Crippen LogP contribution is -2.33. The van der Waals surface area contributed by atoms with Gasteiger partial charge in [-0.1, -0.05) is 18.3 Å². The number of thiazole rings is 2. The Kier molecular flexibility index (Phi) is 7.30. The van der Waals surface area contributed by atoms with Crippen LogP contribution in [0.5, 0.6) is 0 Å². The highest BCUT2D eigenvalue weighted by Crippen LogP contribution is 2.39. The Labute approximate surface area is 218 Å². The Balaban J connectivity index is 1.75. The Morgan fingerprint density at radius 3 is 2.47 bits per heavy atom. The van der Waals surface area contributed by atoms with Crippen molar-refractivity contribution in [3.8, 4) is 22.4 Å². The van der Waals surface area contributed by atoms with Gasteiger partial charge in [0.1, 0.15) is 5.82 Å². The molecule has 12 heteroatoms. The fraction of sp³-hybridized carbons (Fsp3) is 0.333. The Morgan fingerprint density at radius 2 is 1.86 bits per heavy atom. The van der Waals surface area contributed by atoms with Crippen LogP contribution in [-0.2, 0) is 16.4 Å². The molecule has 2 amide bonds. The summed E-state index contributed by atoms with van der Waals surface area (Å²) >= 11 is 3.00. The minimum atomic E-state index is -3.58. The number of fused-ring (bicyclic) bond motifs is 1. The Morgan fingerprint density at radius 1 is 1.08 bits per heavy atom. The van der Waals surface area contributed by atoms with Crippen molar-refractivity contribution in [3.05, 3.63) is 40.8 Å². The van der Waals surface area contributed by atoms with Crippen LogP contribution in [0.4, 0.5) is 15.7 Å². The van der Waals surface area contributed by atoms with Crippen molar-refractivity contribution in [2.24, 2.45) is 0 Å². The van der Waals surface area contributed by atoms with Gasteiger partial charge in [-0.05, 0) is 63.9 Å². The van der Waals surface area contributed by atoms with E-state index < -0.39 is 14.8 Å². The predicted molar refractivity (Wildman–Crippen MR) is 148 cm³/mol. The van der Waals surface area contributed by atoms with Gasteiger partial charge >= 0.3 is 6.03 Å². The van der Waals surface area contributed by atoms with Gasteiger partial charge < -0.3 is 5.32 Å². The molecule has 1 aromatic carbocycles. The number of aromatic nitrogens is 3. The number of carbonyl (C=O) groups excluding carboxylic acids is 1. The molecule has 3 N–H and O–H groups in total. The molecule has 0 atom stereocenters. The van der Waals surface area contributed by atoms with Crippen LogP contribution in [0.2, 0.25) is 0 Å². The molecule has 4 rings (SSSR count). The Hall–Kier alpha value is -3.09. The van der Waals surface area contributed by atoms with Crippen molar-refractivity contribution in [2.45, 2.75) is 45.8 Å². The largest absolute Gasteiger partial charge is 0.338 e. The number of nitrogens with one attached hydrogen (secondary N) is 3. The van der Waals surface area contributed by atoms with Gasteiger partial charge in [0.2, 0.25) is 10.0 Å². The van der Waals surface area contributed by atoms with E-state index in [1.165, 1.54) is 11.3 Å². The number of nitrogens with zero attached hydrogens (tertiary/aromatic N) is 3. The summed E-state index contributed by atoms with van der Waals surface area (Å²) in [5, 5.41) is 9.05. The second kappa shape index (κ2) is 10.1. The number of sulfonamides is 1. The number of aryl methyl sites for hydroxylation is 1. The number of rotatable bonds is 7. The number of pyridine rings is 1. The number of benzene rings is 1. The predicted octanol–water partition coefficient (Wildman–Crippen LogP) is 5.73. The van der Waals surface area contributed by atoms with Crippen molar-refractivity contribution >= 4 is 59.9 Å². The lowest BCUT2D eigenvalue weighted by molar-refractivity contribution is 0.252. The van der Waals surface area contributed by atoms with E-state index in [0.29, 0.717) is 11.7 Å². The molecule has 0 aliphatic rings. The Bertz CT molecular complexity index is 1500. The molecule has 0 fully saturated rings. The maximum atomic E-state index is 12.5. The molecule has 0 saturated carbocycles. The van der Waals surface area contributed by atoms with E-state index in [1.807, 2.05) is 30.5 Å². The fourth-order valence-electron chi connectivity index (χ4n) is 3.26. The number of amides is 2. The van der Waals surface area contributed by atoms with Crippen LogP contribution >= 0.6 is 22.7 Å². The molecule has 3 aromatic heterocycles. The van der Waals surface area contributed by atoms with Crippen molar-refractivity contribution in [2.75, 3.05) is 16.6 Å². The molecule has 190 valence electrons. The van der Waals surface area contributed by atoms with Crippen LogP contribution in [0.3, 0.4) is 0 Å². The van der Waals surface area contributed by atoms with Crippen molar-refractivity contribution in [1.82, 2.24) is 20.3 Å². The number of anilines is 2. The first kappa shape index (κ1) is 26.0. The molecule has 0 unspecified atom stereocenters. The van der Waals surface area contributed by atoms with Crippen LogP contribution in [0.15, 0.2) is 35.8 Å². The average molecular weight is 545 g/mol. The van der Waals surface area contributed by atoms with E-state index in [4.69, 9.17) is 4.98 Å². The lowest BCUT2D eigenvalue weighted by atomic mass is 10.0. The second-order valence-corrected chi connectivity index (χ2v) is 13.4. The van der Waals surface area contributed by atoms with E-state index >= 15 is 0 Å². The molecule has 3 heterocycles. The third kappa shape index (κ3) is 5.50. The van der Waals surface area contributed by atoms with Gasteiger partial charge in [0, 0.05) is 29.2 Å². The molecule has 0 radical (unpaired) electrons. The number of hydrogen-bond donors (Lipinski definition) is 3. The zero-order chi connectivity index (χ0) is 26.1. The fourth-order valence-corrected chi connectivity index (χ4v) is 5.67. The van der Waals surface area contributed by atoms with Gasteiger partial charge in [-0.3, -0.25) is 10.0 Å². The molecule has 36 heavy (non-hydrogen) atoms. The first-order valence-corrected chi connectivity index (χ1v) is 14.6. The molecule has 0 spiro atoms. The zero-order valence-electron chi connectivity index (χ0n) is 20.7. The summed E-state index contributed by atoms with van der Waals surface area (Å²) in [7, 11) is -3.58. The third-order valence-electron chi connectivity index (χ3n) is 5.32. The van der Waals surface area contributed by atoms with Gasteiger partial charge in [0.05, 0.1) is 25.7 Å². The van der Waals surface area contributed by atoms with Crippen molar-refractivity contribution in [1.29, 1.82) is 0 Å². The number of urea groups is 1. The smallest absolute Gasteiger partial charge is 0.321 e. The summed E-state index contributed by atoms with van der Waals surface area (Å²) in [5.41, 5.74) is 4.14. The molecule has 9 nitrogen and oxygen atoms in total. The molecule has 4 aromatic rings. The molecule has 0 aliphatic carbocycles. The van der Waals surface area contributed by atoms with Crippen LogP contribution in [0.1, 0.15) is 39.6 Å². The maximum Gasteiger partial charge on any atom is 0.321 e. The lowest BCUT2D eigenvalue weighted by Gasteiger charge is -2.19. The van der Waals surface area contributed by atoms with E-state index in [9.17, 15) is 13.2 Å². The maximum absolute atomic E-state index is 12.5. The van der Waals surface area contributed by atoms with Gasteiger partial charge in [-0.2, -0.15) is 0 Å². The van der Waals surface area contributed by atoms with E-state index in [1.54, 1.807) is 44.4 Å². The summed E-state index contributed by atoms with van der Waals surface area (Å²) in [5.74, 6) is 0.254. The minimum absolute atomic E-state index is 0.254. The van der Waals surface area contributed by atoms with Gasteiger partial charge in [0.15, 0.2) is 5.13 Å². The summed E-state index contributed by atoms with van der Waals surface area (Å²) in [6.45, 7) is 9.32. The van der Waals surface area contributed by atoms with Crippen molar-refractivity contribution in [3.63, 3.8) is 0 Å². The minimum Gasteiger partial charge on any atom is -0.338 e. The summed E-state index contributed by atoms with van der Waals surface area (Å²) < 4.78 is 27.4. The molecule has 0 saturated heterocycles. The second-order valence-electron chi connectivity index (χ2n) is 9.01. The van der Waals surface area contributed by atoms with Crippen LogP contribution < -0.4 is 15.4 Å². The van der Waals surface area contributed by atoms with Crippen molar-refractivity contribution < 1.29 is 13.2 Å². The first-order chi connectivity index (χ1) is 17.0. The van der Waals surface area contributed by atoms with Crippen LogP contribution in [0, 0.1) is 0 Å². The number of hydrogen-bond acceptors (Lipinski definition) is 8. The molecular weight excluding hydrogens is 517 g/mol. The van der Waals surface area contributed by atoms with Crippen LogP contribution in [-0.4, -0.2) is 40.7 Å². The highest BCUT2D eigenvalue weighted by Gasteiger charge is 2.29. The van der Waals surface area contributed by atoms with Crippen LogP contribution in [0.25, 0.3) is 32.6 Å². The average Bonchev–Trinajstić information content (AvgIpc) is 3.44. The quantitative estimate of drug-likeness (QED) is 0.273. The molecule has 0 aliphatic heterocycles. The normalized spacial score (nSPS) is 12.0. The van der Waals surface area contributed by atoms with E-state index in [-0.39, 0.29) is 11.8 Å². The highest BCUT2D eigenvalue weighted by atomic mass is 32.2. The summed E-state index contributed by atoms with van der Waals surface area (Å²) in [6.07, 6.45) is 2.47. The third-order valence-corrected chi connectivity index (χ3v) is 9.42. The molecular formula is C24H28N6O3S3. The van der Waals surface area contributed by atoms with Gasteiger partial charge in [0.25, 0.3) is 0 Å². The first-order valence-electron chi connectivity index (χ1n) is 11.4. The standard InChI is InChI=1S/C24H28N6O3S3/c1-6-20-27-18(13-34-20)16-10-15(11-17-21(16)35-23(28-17)29-22(31)25-7-2)14-8-9-19(26-12-14)30-36(32,33)24(3,4)5/h8-13H,6-7H2,1-5H3,(H,26,30)(H2,25,28,29,31). The monoisotopic (exact) mass is 544 g/mol. The summed E-state index contributed by atoms with van der Waals surface area (Å²) in [6, 6.07) is 7.11. The van der Waals surface area contributed by atoms with Gasteiger partial charge in [-0.15, -0.1) is 11.3 Å². The van der Waals surface area contributed by atoms with E-state index in [0.717, 1.165) is 44.0 Å². The van der Waals surface area contributed by atoms with E-state index in [2.05, 4.69) is 32.2 Å². The number of carbonyl (C=O) groups is 1. The highest BCUT2D eigenvalue weighted by molar-refractivity contribution is 7.94. The van der Waals surface area contributed by atoms with Gasteiger partial charge in [-0.25, -0.2) is 28.2 Å². The topological polar surface area (TPSA) is 126 Å².